The molecule has 1 N–H and O–H groups in total. The lowest BCUT2D eigenvalue weighted by molar-refractivity contribution is 0.626. The molecule has 0 aliphatic heterocycles. The van der Waals surface area contributed by atoms with Gasteiger partial charge in [-0.3, -0.25) is 0 Å². The zero-order valence-corrected chi connectivity index (χ0v) is 12.3. The number of halogens is 2. The van der Waals surface area contributed by atoms with E-state index in [0.717, 1.165) is 20.9 Å². The van der Waals surface area contributed by atoms with E-state index in [0.29, 0.717) is 5.02 Å². The van der Waals surface area contributed by atoms with Crippen molar-refractivity contribution in [2.24, 2.45) is 0 Å². The van der Waals surface area contributed by atoms with Crippen LogP contribution in [0, 0.1) is 5.82 Å². The van der Waals surface area contributed by atoms with Crippen LogP contribution in [0.1, 0.15) is 18.5 Å². The molecule has 1 atom stereocenters. The standard InChI is InChI=1S/C15H12ClFN2S/c1-9(10-5-7-11(17)8-6-10)18-15-19-13-4-2-3-12(16)14(13)20-15/h2-9H,1H3,(H,18,19). The summed E-state index contributed by atoms with van der Waals surface area (Å²) in [5.74, 6) is -0.229. The van der Waals surface area contributed by atoms with E-state index in [2.05, 4.69) is 10.3 Å². The minimum Gasteiger partial charge on any atom is -0.355 e. The summed E-state index contributed by atoms with van der Waals surface area (Å²) in [4.78, 5) is 4.51. The molecule has 1 aromatic heterocycles. The first kappa shape index (κ1) is 13.3. The molecule has 0 saturated heterocycles. The van der Waals surface area contributed by atoms with Crippen LogP contribution in [0.2, 0.25) is 5.02 Å². The van der Waals surface area contributed by atoms with Crippen molar-refractivity contribution >= 4 is 38.3 Å². The average molecular weight is 307 g/mol. The summed E-state index contributed by atoms with van der Waals surface area (Å²) in [5, 5.41) is 4.84. The molecule has 1 unspecified atom stereocenters. The van der Waals surface area contributed by atoms with Gasteiger partial charge in [0.25, 0.3) is 0 Å². The van der Waals surface area contributed by atoms with Crippen molar-refractivity contribution in [1.82, 2.24) is 4.98 Å². The van der Waals surface area contributed by atoms with Gasteiger partial charge in [-0.1, -0.05) is 41.1 Å². The molecule has 5 heteroatoms. The topological polar surface area (TPSA) is 24.9 Å². The minimum absolute atomic E-state index is 0.0509. The highest BCUT2D eigenvalue weighted by atomic mass is 35.5. The van der Waals surface area contributed by atoms with Crippen LogP contribution in [0.3, 0.4) is 0 Å². The molecule has 0 spiro atoms. The Morgan fingerprint density at radius 3 is 2.65 bits per heavy atom. The zero-order chi connectivity index (χ0) is 14.1. The van der Waals surface area contributed by atoms with Crippen molar-refractivity contribution in [2.45, 2.75) is 13.0 Å². The number of hydrogen-bond acceptors (Lipinski definition) is 3. The summed E-state index contributed by atoms with van der Waals surface area (Å²) in [6, 6.07) is 12.2. The molecule has 0 radical (unpaired) electrons. The first-order chi connectivity index (χ1) is 9.63. The maximum atomic E-state index is 12.9. The smallest absolute Gasteiger partial charge is 0.184 e. The Bertz CT molecular complexity index is 739. The number of fused-ring (bicyclic) bond motifs is 1. The van der Waals surface area contributed by atoms with E-state index in [1.807, 2.05) is 25.1 Å². The number of hydrogen-bond donors (Lipinski definition) is 1. The maximum absolute atomic E-state index is 12.9. The molecule has 3 rings (SSSR count). The van der Waals surface area contributed by atoms with Gasteiger partial charge in [0.05, 0.1) is 21.3 Å². The van der Waals surface area contributed by atoms with Gasteiger partial charge in [0.15, 0.2) is 5.13 Å². The van der Waals surface area contributed by atoms with E-state index in [4.69, 9.17) is 11.6 Å². The third kappa shape index (κ3) is 2.62. The summed E-state index contributed by atoms with van der Waals surface area (Å²) in [6.45, 7) is 2.01. The van der Waals surface area contributed by atoms with Crippen molar-refractivity contribution in [3.8, 4) is 0 Å². The highest BCUT2D eigenvalue weighted by Gasteiger charge is 2.10. The Hall–Kier alpha value is -1.65. The van der Waals surface area contributed by atoms with Crippen LogP contribution in [0.15, 0.2) is 42.5 Å². The fraction of sp³-hybridized carbons (Fsp3) is 0.133. The quantitative estimate of drug-likeness (QED) is 0.713. The molecule has 0 fully saturated rings. The number of nitrogens with zero attached hydrogens (tertiary/aromatic N) is 1. The largest absolute Gasteiger partial charge is 0.355 e. The molecule has 0 bridgehead atoms. The van der Waals surface area contributed by atoms with Gasteiger partial charge in [-0.05, 0) is 36.8 Å². The number of rotatable bonds is 3. The lowest BCUT2D eigenvalue weighted by Crippen LogP contribution is -2.06. The highest BCUT2D eigenvalue weighted by molar-refractivity contribution is 7.22. The van der Waals surface area contributed by atoms with E-state index >= 15 is 0 Å². The second kappa shape index (κ2) is 5.38. The van der Waals surface area contributed by atoms with Crippen LogP contribution in [-0.2, 0) is 0 Å². The number of aromatic nitrogens is 1. The third-order valence-electron chi connectivity index (χ3n) is 3.08. The number of nitrogens with one attached hydrogen (secondary N) is 1. The molecule has 2 nitrogen and oxygen atoms in total. The van der Waals surface area contributed by atoms with Gasteiger partial charge < -0.3 is 5.32 Å². The normalized spacial score (nSPS) is 12.6. The van der Waals surface area contributed by atoms with Crippen LogP contribution in [0.25, 0.3) is 10.2 Å². The van der Waals surface area contributed by atoms with E-state index in [-0.39, 0.29) is 11.9 Å². The van der Waals surface area contributed by atoms with Gasteiger partial charge in [0.1, 0.15) is 5.82 Å². The molecule has 0 aliphatic carbocycles. The molecule has 20 heavy (non-hydrogen) atoms. The number of thiazole rings is 1. The Kier molecular flexibility index (Phi) is 3.59. The van der Waals surface area contributed by atoms with Crippen LogP contribution >= 0.6 is 22.9 Å². The van der Waals surface area contributed by atoms with Gasteiger partial charge >= 0.3 is 0 Å². The van der Waals surface area contributed by atoms with Crippen molar-refractivity contribution in [1.29, 1.82) is 0 Å². The van der Waals surface area contributed by atoms with Crippen molar-refractivity contribution in [3.05, 3.63) is 58.9 Å². The lowest BCUT2D eigenvalue weighted by atomic mass is 10.1. The van der Waals surface area contributed by atoms with E-state index in [9.17, 15) is 4.39 Å². The Balaban J connectivity index is 1.85. The van der Waals surface area contributed by atoms with E-state index in [1.165, 1.54) is 23.5 Å². The SMILES string of the molecule is CC(Nc1nc2cccc(Cl)c2s1)c1ccc(F)cc1. The summed E-state index contributed by atoms with van der Waals surface area (Å²) in [7, 11) is 0. The summed E-state index contributed by atoms with van der Waals surface area (Å²) >= 11 is 7.66. The molecule has 0 saturated carbocycles. The van der Waals surface area contributed by atoms with Crippen molar-refractivity contribution < 1.29 is 4.39 Å². The summed E-state index contributed by atoms with van der Waals surface area (Å²) < 4.78 is 13.9. The van der Waals surface area contributed by atoms with Crippen molar-refractivity contribution in [3.63, 3.8) is 0 Å². The Morgan fingerprint density at radius 1 is 1.20 bits per heavy atom. The second-order valence-electron chi connectivity index (χ2n) is 4.52. The molecule has 0 aliphatic rings. The number of benzene rings is 2. The average Bonchev–Trinajstić information content (AvgIpc) is 2.83. The number of anilines is 1. The van der Waals surface area contributed by atoms with Crippen LogP contribution in [0.4, 0.5) is 9.52 Å². The lowest BCUT2D eigenvalue weighted by Gasteiger charge is -2.12. The molecule has 0 amide bonds. The predicted octanol–water partition coefficient (Wildman–Crippen LogP) is 5.26. The minimum atomic E-state index is -0.229. The summed E-state index contributed by atoms with van der Waals surface area (Å²) in [6.07, 6.45) is 0. The van der Waals surface area contributed by atoms with E-state index in [1.54, 1.807) is 12.1 Å². The first-order valence-electron chi connectivity index (χ1n) is 6.20. The Morgan fingerprint density at radius 2 is 1.95 bits per heavy atom. The fourth-order valence-corrected chi connectivity index (χ4v) is 3.24. The highest BCUT2D eigenvalue weighted by Crippen LogP contribution is 2.33. The van der Waals surface area contributed by atoms with Gasteiger partial charge in [0.2, 0.25) is 0 Å². The van der Waals surface area contributed by atoms with Crippen LogP contribution in [0.5, 0.6) is 0 Å². The molecule has 1 heterocycles. The predicted molar refractivity (Wildman–Crippen MR) is 83.1 cm³/mol. The first-order valence-corrected chi connectivity index (χ1v) is 7.40. The summed E-state index contributed by atoms with van der Waals surface area (Å²) in [5.41, 5.74) is 1.90. The Labute approximate surface area is 125 Å². The molecule has 2 aromatic carbocycles. The molecule has 102 valence electrons. The van der Waals surface area contributed by atoms with Gasteiger partial charge in [-0.15, -0.1) is 0 Å². The monoisotopic (exact) mass is 306 g/mol. The second-order valence-corrected chi connectivity index (χ2v) is 5.93. The maximum Gasteiger partial charge on any atom is 0.184 e. The molecular weight excluding hydrogens is 295 g/mol. The van der Waals surface area contributed by atoms with Gasteiger partial charge in [-0.25, -0.2) is 9.37 Å². The zero-order valence-electron chi connectivity index (χ0n) is 10.7. The molecular formula is C15H12ClFN2S. The third-order valence-corrected chi connectivity index (χ3v) is 4.54. The van der Waals surface area contributed by atoms with Gasteiger partial charge in [-0.2, -0.15) is 0 Å². The van der Waals surface area contributed by atoms with E-state index < -0.39 is 0 Å². The van der Waals surface area contributed by atoms with Crippen LogP contribution in [-0.4, -0.2) is 4.98 Å². The van der Waals surface area contributed by atoms with Gasteiger partial charge in [0, 0.05) is 0 Å². The molecule has 3 aromatic rings. The van der Waals surface area contributed by atoms with Crippen molar-refractivity contribution in [2.75, 3.05) is 5.32 Å². The van der Waals surface area contributed by atoms with Crippen LogP contribution < -0.4 is 5.32 Å². The fourth-order valence-electron chi connectivity index (χ4n) is 2.00.